The Labute approximate surface area is 147 Å². The van der Waals surface area contributed by atoms with E-state index in [0.29, 0.717) is 18.7 Å². The molecule has 2 aromatic carbocycles. The molecule has 1 aliphatic heterocycles. The van der Waals surface area contributed by atoms with Crippen molar-refractivity contribution in [3.8, 4) is 0 Å². The molecule has 3 rings (SSSR count). The molecule has 122 valence electrons. The van der Waals surface area contributed by atoms with Crippen LogP contribution in [0.3, 0.4) is 0 Å². The molecule has 0 aromatic heterocycles. The van der Waals surface area contributed by atoms with Gasteiger partial charge in [-0.1, -0.05) is 43.6 Å². The number of nitrogen functional groups attached to an aromatic ring is 1. The molecule has 0 bridgehead atoms. The zero-order chi connectivity index (χ0) is 15.9. The van der Waals surface area contributed by atoms with Crippen LogP contribution in [0.5, 0.6) is 0 Å². The lowest BCUT2D eigenvalue weighted by molar-refractivity contribution is -0.118. The van der Waals surface area contributed by atoms with E-state index >= 15 is 0 Å². The van der Waals surface area contributed by atoms with Crippen LogP contribution < -0.4 is 10.6 Å². The van der Waals surface area contributed by atoms with Gasteiger partial charge in [0.05, 0.1) is 6.42 Å². The van der Waals surface area contributed by atoms with Crippen LogP contribution >= 0.6 is 24.0 Å². The number of carbonyl (C=O) groups is 1. The van der Waals surface area contributed by atoms with Gasteiger partial charge in [0.2, 0.25) is 5.91 Å². The molecule has 1 heterocycles. The summed E-state index contributed by atoms with van der Waals surface area (Å²) in [6.07, 6.45) is 0.363. The molecule has 0 fully saturated rings. The van der Waals surface area contributed by atoms with Crippen molar-refractivity contribution in [1.82, 2.24) is 0 Å². The lowest BCUT2D eigenvalue weighted by atomic mass is 9.87. The number of carbonyl (C=O) groups excluding carboxylic acids is 1. The van der Waals surface area contributed by atoms with Crippen LogP contribution in [-0.4, -0.2) is 12.5 Å². The third kappa shape index (κ3) is 3.31. The Morgan fingerprint density at radius 1 is 1.22 bits per heavy atom. The Hall–Kier alpha value is -1.71. The highest BCUT2D eigenvalue weighted by molar-refractivity contribution is 6.32. The normalized spacial score (nSPS) is 15.0. The average molecular weight is 351 g/mol. The molecule has 5 heteroatoms. The van der Waals surface area contributed by atoms with Crippen LogP contribution in [0.2, 0.25) is 5.02 Å². The Kier molecular flexibility index (Phi) is 4.92. The van der Waals surface area contributed by atoms with Gasteiger partial charge >= 0.3 is 0 Å². The zero-order valence-corrected chi connectivity index (χ0v) is 14.7. The summed E-state index contributed by atoms with van der Waals surface area (Å²) in [5.41, 5.74) is 9.21. The number of benzene rings is 2. The quantitative estimate of drug-likeness (QED) is 0.824. The molecule has 3 nitrogen and oxygen atoms in total. The van der Waals surface area contributed by atoms with Gasteiger partial charge in [0.25, 0.3) is 0 Å². The SMILES string of the molecule is CC1(C)CN(C(=O)Cc2ccc(N)cc2)c2cccc(Cl)c21.Cl. The Morgan fingerprint density at radius 3 is 2.52 bits per heavy atom. The second-order valence-corrected chi connectivity index (χ2v) is 6.82. The molecule has 23 heavy (non-hydrogen) atoms. The topological polar surface area (TPSA) is 46.3 Å². The van der Waals surface area contributed by atoms with Crippen LogP contribution in [0.25, 0.3) is 0 Å². The van der Waals surface area contributed by atoms with Gasteiger partial charge in [0.15, 0.2) is 0 Å². The number of amides is 1. The molecule has 1 amide bonds. The van der Waals surface area contributed by atoms with Crippen LogP contribution in [-0.2, 0) is 16.6 Å². The van der Waals surface area contributed by atoms with Crippen LogP contribution in [0.15, 0.2) is 42.5 Å². The highest BCUT2D eigenvalue weighted by atomic mass is 35.5. The van der Waals surface area contributed by atoms with Crippen molar-refractivity contribution in [2.24, 2.45) is 0 Å². The summed E-state index contributed by atoms with van der Waals surface area (Å²) in [6, 6.07) is 13.2. The number of rotatable bonds is 2. The number of nitrogens with zero attached hydrogens (tertiary/aromatic N) is 1. The smallest absolute Gasteiger partial charge is 0.231 e. The molecule has 0 unspecified atom stereocenters. The number of halogens is 2. The van der Waals surface area contributed by atoms with Crippen LogP contribution in [0.1, 0.15) is 25.0 Å². The average Bonchev–Trinajstić information content (AvgIpc) is 2.74. The summed E-state index contributed by atoms with van der Waals surface area (Å²) in [7, 11) is 0. The van der Waals surface area contributed by atoms with E-state index in [1.165, 1.54) is 0 Å². The number of fused-ring (bicyclic) bond motifs is 1. The highest BCUT2D eigenvalue weighted by Gasteiger charge is 2.39. The van der Waals surface area contributed by atoms with Crippen molar-refractivity contribution in [2.45, 2.75) is 25.7 Å². The number of hydrogen-bond donors (Lipinski definition) is 1. The third-order valence-corrected chi connectivity index (χ3v) is 4.46. The fourth-order valence-corrected chi connectivity index (χ4v) is 3.52. The fourth-order valence-electron chi connectivity index (χ4n) is 3.10. The monoisotopic (exact) mass is 350 g/mol. The molecular weight excluding hydrogens is 331 g/mol. The van der Waals surface area contributed by atoms with E-state index in [0.717, 1.165) is 21.8 Å². The van der Waals surface area contributed by atoms with Crippen molar-refractivity contribution in [3.05, 3.63) is 58.6 Å². The Morgan fingerprint density at radius 2 is 1.87 bits per heavy atom. The van der Waals surface area contributed by atoms with Gasteiger partial charge in [-0.15, -0.1) is 12.4 Å². The zero-order valence-electron chi connectivity index (χ0n) is 13.2. The van der Waals surface area contributed by atoms with Gasteiger partial charge in [0, 0.05) is 33.9 Å². The predicted octanol–water partition coefficient (Wildman–Crippen LogP) is 4.21. The van der Waals surface area contributed by atoms with E-state index in [1.807, 2.05) is 47.4 Å². The van der Waals surface area contributed by atoms with Crippen molar-refractivity contribution in [3.63, 3.8) is 0 Å². The fraction of sp³-hybridized carbons (Fsp3) is 0.278. The van der Waals surface area contributed by atoms with Gasteiger partial charge in [-0.05, 0) is 29.8 Å². The first-order chi connectivity index (χ1) is 10.4. The van der Waals surface area contributed by atoms with Crippen molar-refractivity contribution in [2.75, 3.05) is 17.2 Å². The maximum absolute atomic E-state index is 12.7. The van der Waals surface area contributed by atoms with E-state index in [1.54, 1.807) is 0 Å². The number of hydrogen-bond acceptors (Lipinski definition) is 2. The van der Waals surface area contributed by atoms with Crippen molar-refractivity contribution in [1.29, 1.82) is 0 Å². The van der Waals surface area contributed by atoms with Gasteiger partial charge in [0.1, 0.15) is 0 Å². The molecule has 0 radical (unpaired) electrons. The molecule has 2 aromatic rings. The lowest BCUT2D eigenvalue weighted by Crippen LogP contribution is -2.34. The third-order valence-electron chi connectivity index (χ3n) is 4.15. The molecule has 1 aliphatic rings. The molecule has 0 aliphatic carbocycles. The predicted molar refractivity (Wildman–Crippen MR) is 98.6 cm³/mol. The van der Waals surface area contributed by atoms with Crippen LogP contribution in [0, 0.1) is 0 Å². The second kappa shape index (κ2) is 6.42. The van der Waals surface area contributed by atoms with E-state index in [9.17, 15) is 4.79 Å². The molecule has 0 spiro atoms. The maximum Gasteiger partial charge on any atom is 0.231 e. The van der Waals surface area contributed by atoms with Gasteiger partial charge in [-0.3, -0.25) is 4.79 Å². The number of nitrogens with two attached hydrogens (primary N) is 1. The molecular formula is C18H20Cl2N2O. The minimum absolute atomic E-state index is 0. The second-order valence-electron chi connectivity index (χ2n) is 6.42. The summed E-state index contributed by atoms with van der Waals surface area (Å²) >= 11 is 6.35. The lowest BCUT2D eigenvalue weighted by Gasteiger charge is -2.21. The minimum Gasteiger partial charge on any atom is -0.399 e. The summed E-state index contributed by atoms with van der Waals surface area (Å²) in [5.74, 6) is 0.0823. The Balaban J connectivity index is 0.00000192. The van der Waals surface area contributed by atoms with E-state index in [4.69, 9.17) is 17.3 Å². The van der Waals surface area contributed by atoms with Gasteiger partial charge < -0.3 is 10.6 Å². The molecule has 0 saturated carbocycles. The highest BCUT2D eigenvalue weighted by Crippen LogP contribution is 2.44. The van der Waals surface area contributed by atoms with E-state index < -0.39 is 0 Å². The molecule has 0 saturated heterocycles. The van der Waals surface area contributed by atoms with E-state index in [2.05, 4.69) is 13.8 Å². The largest absolute Gasteiger partial charge is 0.399 e. The van der Waals surface area contributed by atoms with Crippen molar-refractivity contribution < 1.29 is 4.79 Å². The number of anilines is 2. The van der Waals surface area contributed by atoms with E-state index in [-0.39, 0.29) is 23.7 Å². The first kappa shape index (κ1) is 17.6. The summed E-state index contributed by atoms with van der Waals surface area (Å²) in [6.45, 7) is 4.89. The summed E-state index contributed by atoms with van der Waals surface area (Å²) in [5, 5.41) is 0.727. The molecule has 0 atom stereocenters. The standard InChI is InChI=1S/C18H19ClN2O.ClH/c1-18(2)11-21(15-5-3-4-14(19)17(15)18)16(22)10-12-6-8-13(20)9-7-12;/h3-9H,10-11,20H2,1-2H3;1H. The molecule has 2 N–H and O–H groups in total. The Bertz CT molecular complexity index is 726. The maximum atomic E-state index is 12.7. The minimum atomic E-state index is -0.134. The van der Waals surface area contributed by atoms with Gasteiger partial charge in [-0.2, -0.15) is 0 Å². The summed E-state index contributed by atoms with van der Waals surface area (Å²) in [4.78, 5) is 14.6. The summed E-state index contributed by atoms with van der Waals surface area (Å²) < 4.78 is 0. The first-order valence-electron chi connectivity index (χ1n) is 7.32. The van der Waals surface area contributed by atoms with Crippen LogP contribution in [0.4, 0.5) is 11.4 Å². The van der Waals surface area contributed by atoms with Crippen molar-refractivity contribution >= 4 is 41.3 Å². The van der Waals surface area contributed by atoms with Gasteiger partial charge in [-0.25, -0.2) is 0 Å². The first-order valence-corrected chi connectivity index (χ1v) is 7.70.